The van der Waals surface area contributed by atoms with Crippen LogP contribution in [-0.4, -0.2) is 43.9 Å². The van der Waals surface area contributed by atoms with Crippen LogP contribution in [0.25, 0.3) is 0 Å². The van der Waals surface area contributed by atoms with Gasteiger partial charge in [-0.05, 0) is 18.9 Å². The van der Waals surface area contributed by atoms with Crippen molar-refractivity contribution in [2.24, 2.45) is 0 Å². The molecular formula is C12H17N3O5S. The number of nitro groups is 1. The number of ether oxygens (including phenoxy) is 1. The van der Waals surface area contributed by atoms with Crippen LogP contribution in [0.4, 0.5) is 11.4 Å². The molecule has 0 aliphatic carbocycles. The van der Waals surface area contributed by atoms with E-state index in [-0.39, 0.29) is 28.9 Å². The molecule has 116 valence electrons. The second-order valence-electron chi connectivity index (χ2n) is 4.84. The number of non-ortho nitro benzene ring substituents is 1. The Morgan fingerprint density at radius 3 is 2.76 bits per heavy atom. The summed E-state index contributed by atoms with van der Waals surface area (Å²) in [4.78, 5) is 9.95. The molecule has 1 saturated heterocycles. The minimum absolute atomic E-state index is 0.107. The van der Waals surface area contributed by atoms with Crippen LogP contribution < -0.4 is 5.73 Å². The van der Waals surface area contributed by atoms with E-state index < -0.39 is 14.9 Å². The Morgan fingerprint density at radius 2 is 2.19 bits per heavy atom. The van der Waals surface area contributed by atoms with Crippen molar-refractivity contribution in [1.29, 1.82) is 0 Å². The zero-order valence-electron chi connectivity index (χ0n) is 11.6. The van der Waals surface area contributed by atoms with Gasteiger partial charge in [0.15, 0.2) is 0 Å². The first kappa shape index (κ1) is 15.7. The quantitative estimate of drug-likeness (QED) is 0.503. The van der Waals surface area contributed by atoms with Gasteiger partial charge in [-0.25, -0.2) is 8.42 Å². The van der Waals surface area contributed by atoms with E-state index in [1.807, 2.05) is 0 Å². The maximum atomic E-state index is 12.6. The van der Waals surface area contributed by atoms with E-state index in [1.54, 1.807) is 7.11 Å². The molecule has 0 amide bonds. The minimum Gasteiger partial charge on any atom is -0.397 e. The highest BCUT2D eigenvalue weighted by Crippen LogP contribution is 2.28. The van der Waals surface area contributed by atoms with Crippen LogP contribution in [-0.2, 0) is 14.8 Å². The van der Waals surface area contributed by atoms with Crippen LogP contribution in [0.15, 0.2) is 23.1 Å². The Bertz CT molecular complexity index is 646. The zero-order valence-corrected chi connectivity index (χ0v) is 12.4. The molecule has 1 aliphatic heterocycles. The number of nitrogen functional groups attached to an aromatic ring is 1. The van der Waals surface area contributed by atoms with Crippen molar-refractivity contribution in [2.45, 2.75) is 23.8 Å². The predicted molar refractivity (Wildman–Crippen MR) is 76.3 cm³/mol. The van der Waals surface area contributed by atoms with E-state index in [2.05, 4.69) is 0 Å². The fraction of sp³-hybridized carbons (Fsp3) is 0.500. The van der Waals surface area contributed by atoms with E-state index >= 15 is 0 Å². The van der Waals surface area contributed by atoms with Crippen LogP contribution in [0.2, 0.25) is 0 Å². The van der Waals surface area contributed by atoms with Gasteiger partial charge in [0.2, 0.25) is 10.0 Å². The van der Waals surface area contributed by atoms with Crippen molar-refractivity contribution in [3.63, 3.8) is 0 Å². The van der Waals surface area contributed by atoms with Crippen LogP contribution >= 0.6 is 0 Å². The van der Waals surface area contributed by atoms with Crippen LogP contribution in [0.3, 0.4) is 0 Å². The maximum absolute atomic E-state index is 12.6. The molecule has 2 rings (SSSR count). The second-order valence-corrected chi connectivity index (χ2v) is 6.75. The number of hydrogen-bond acceptors (Lipinski definition) is 6. The van der Waals surface area contributed by atoms with E-state index in [9.17, 15) is 18.5 Å². The average Bonchev–Trinajstić information content (AvgIpc) is 2.46. The molecule has 1 heterocycles. The Hall–Kier alpha value is -1.71. The first-order valence-corrected chi connectivity index (χ1v) is 7.87. The first-order valence-electron chi connectivity index (χ1n) is 6.43. The van der Waals surface area contributed by atoms with Crippen molar-refractivity contribution >= 4 is 21.4 Å². The van der Waals surface area contributed by atoms with Gasteiger partial charge in [0, 0.05) is 32.3 Å². The monoisotopic (exact) mass is 315 g/mol. The van der Waals surface area contributed by atoms with Crippen LogP contribution in [0.1, 0.15) is 12.8 Å². The lowest BCUT2D eigenvalue weighted by molar-refractivity contribution is -0.384. The standard InChI is InChI=1S/C12H17N3O5S/c1-20-10-3-2-6-14(8-10)21(18,19)12-5-4-9(15(16)17)7-11(12)13/h4-5,7,10H,2-3,6,8,13H2,1H3. The lowest BCUT2D eigenvalue weighted by atomic mass is 10.1. The molecule has 1 fully saturated rings. The molecule has 1 aromatic rings. The van der Waals surface area contributed by atoms with Crippen molar-refractivity contribution in [3.8, 4) is 0 Å². The number of hydrogen-bond donors (Lipinski definition) is 1. The molecule has 1 unspecified atom stereocenters. The van der Waals surface area contributed by atoms with Gasteiger partial charge in [-0.3, -0.25) is 10.1 Å². The summed E-state index contributed by atoms with van der Waals surface area (Å²) in [6.45, 7) is 0.647. The molecule has 0 radical (unpaired) electrons. The lowest BCUT2D eigenvalue weighted by Crippen LogP contribution is -2.42. The van der Waals surface area contributed by atoms with E-state index in [0.29, 0.717) is 13.0 Å². The summed E-state index contributed by atoms with van der Waals surface area (Å²) in [5.41, 5.74) is 5.32. The number of nitrogens with zero attached hydrogens (tertiary/aromatic N) is 2. The maximum Gasteiger partial charge on any atom is 0.271 e. The number of sulfonamides is 1. The normalized spacial score (nSPS) is 20.3. The molecule has 2 N–H and O–H groups in total. The Morgan fingerprint density at radius 1 is 1.48 bits per heavy atom. The predicted octanol–water partition coefficient (Wildman–Crippen LogP) is 0.976. The molecule has 0 saturated carbocycles. The van der Waals surface area contributed by atoms with Gasteiger partial charge in [0.05, 0.1) is 16.7 Å². The molecule has 0 bridgehead atoms. The van der Waals surface area contributed by atoms with Crippen molar-refractivity contribution in [3.05, 3.63) is 28.3 Å². The number of nitrogens with two attached hydrogens (primary N) is 1. The topological polar surface area (TPSA) is 116 Å². The van der Waals surface area contributed by atoms with Gasteiger partial charge in [-0.1, -0.05) is 0 Å². The van der Waals surface area contributed by atoms with Gasteiger partial charge in [0.25, 0.3) is 5.69 Å². The Kier molecular flexibility index (Phi) is 4.45. The van der Waals surface area contributed by atoms with Gasteiger partial charge >= 0.3 is 0 Å². The third kappa shape index (κ3) is 3.14. The molecule has 1 aliphatic rings. The number of piperidine rings is 1. The summed E-state index contributed by atoms with van der Waals surface area (Å²) in [6, 6.07) is 3.38. The SMILES string of the molecule is COC1CCCN(S(=O)(=O)c2ccc([N+](=O)[O-])cc2N)C1. The number of anilines is 1. The Balaban J connectivity index is 2.33. The largest absolute Gasteiger partial charge is 0.397 e. The summed E-state index contributed by atoms with van der Waals surface area (Å²) in [5, 5.41) is 10.7. The lowest BCUT2D eigenvalue weighted by Gasteiger charge is -2.31. The van der Waals surface area contributed by atoms with Crippen molar-refractivity contribution in [1.82, 2.24) is 4.31 Å². The number of rotatable bonds is 4. The molecule has 1 aromatic carbocycles. The number of nitro benzene ring substituents is 1. The fourth-order valence-electron chi connectivity index (χ4n) is 2.34. The second kappa shape index (κ2) is 5.96. The summed E-state index contributed by atoms with van der Waals surface area (Å²) in [7, 11) is -2.23. The van der Waals surface area contributed by atoms with E-state index in [0.717, 1.165) is 18.6 Å². The molecule has 8 nitrogen and oxygen atoms in total. The zero-order chi connectivity index (χ0) is 15.6. The Labute approximate surface area is 122 Å². The summed E-state index contributed by atoms with van der Waals surface area (Å²) >= 11 is 0. The first-order chi connectivity index (χ1) is 9.86. The van der Waals surface area contributed by atoms with Crippen LogP contribution in [0, 0.1) is 10.1 Å². The van der Waals surface area contributed by atoms with Gasteiger partial charge in [-0.2, -0.15) is 4.31 Å². The minimum atomic E-state index is -3.77. The van der Waals surface area contributed by atoms with E-state index in [1.165, 1.54) is 10.4 Å². The summed E-state index contributed by atoms with van der Waals surface area (Å²) in [6.07, 6.45) is 1.36. The van der Waals surface area contributed by atoms with Crippen LogP contribution in [0.5, 0.6) is 0 Å². The molecule has 1 atom stereocenters. The van der Waals surface area contributed by atoms with Crippen molar-refractivity contribution < 1.29 is 18.1 Å². The third-order valence-electron chi connectivity index (χ3n) is 3.50. The highest BCUT2D eigenvalue weighted by molar-refractivity contribution is 7.89. The van der Waals surface area contributed by atoms with Crippen molar-refractivity contribution in [2.75, 3.05) is 25.9 Å². The highest BCUT2D eigenvalue weighted by atomic mass is 32.2. The summed E-state index contributed by atoms with van der Waals surface area (Å²) in [5.74, 6) is 0. The third-order valence-corrected chi connectivity index (χ3v) is 5.44. The molecule has 0 spiro atoms. The molecule has 21 heavy (non-hydrogen) atoms. The van der Waals surface area contributed by atoms with Gasteiger partial charge in [0.1, 0.15) is 4.90 Å². The van der Waals surface area contributed by atoms with Gasteiger partial charge < -0.3 is 10.5 Å². The van der Waals surface area contributed by atoms with Gasteiger partial charge in [-0.15, -0.1) is 0 Å². The fourth-order valence-corrected chi connectivity index (χ4v) is 3.95. The summed E-state index contributed by atoms with van der Waals surface area (Å²) < 4.78 is 31.7. The molecule has 9 heteroatoms. The molecule has 0 aromatic heterocycles. The number of benzene rings is 1. The number of methoxy groups -OCH3 is 1. The van der Waals surface area contributed by atoms with E-state index in [4.69, 9.17) is 10.5 Å². The average molecular weight is 315 g/mol. The highest BCUT2D eigenvalue weighted by Gasteiger charge is 2.32. The smallest absolute Gasteiger partial charge is 0.271 e. The molecular weight excluding hydrogens is 298 g/mol.